The SMILES string of the molecule is COc1ccc(N2C(=O)c3ccc(N4c5ccccc5Oc5ccccc54)cc3C2=O)cc1. The fourth-order valence-electron chi connectivity index (χ4n) is 4.32. The van der Waals surface area contributed by atoms with E-state index in [0.717, 1.165) is 28.6 Å². The monoisotopic (exact) mass is 434 g/mol. The molecule has 6 heteroatoms. The molecule has 2 aliphatic rings. The van der Waals surface area contributed by atoms with Crippen LogP contribution in [-0.2, 0) is 0 Å². The van der Waals surface area contributed by atoms with Gasteiger partial charge in [0.2, 0.25) is 0 Å². The third kappa shape index (κ3) is 2.88. The van der Waals surface area contributed by atoms with Crippen molar-refractivity contribution >= 4 is 34.6 Å². The van der Waals surface area contributed by atoms with Crippen LogP contribution >= 0.6 is 0 Å². The molecule has 2 aliphatic heterocycles. The van der Waals surface area contributed by atoms with Crippen molar-refractivity contribution < 1.29 is 19.1 Å². The molecular weight excluding hydrogens is 416 g/mol. The zero-order chi connectivity index (χ0) is 22.5. The Balaban J connectivity index is 1.45. The zero-order valence-corrected chi connectivity index (χ0v) is 17.7. The van der Waals surface area contributed by atoms with E-state index in [-0.39, 0.29) is 11.8 Å². The first-order valence-electron chi connectivity index (χ1n) is 10.5. The minimum absolute atomic E-state index is 0.338. The van der Waals surface area contributed by atoms with Gasteiger partial charge in [-0.1, -0.05) is 24.3 Å². The average molecular weight is 434 g/mol. The summed E-state index contributed by atoms with van der Waals surface area (Å²) in [6.07, 6.45) is 0. The number of hydrogen-bond acceptors (Lipinski definition) is 5. The molecule has 0 bridgehead atoms. The number of benzene rings is 4. The summed E-state index contributed by atoms with van der Waals surface area (Å²) in [5.74, 6) is 1.41. The molecule has 0 radical (unpaired) electrons. The summed E-state index contributed by atoms with van der Waals surface area (Å²) < 4.78 is 11.3. The molecule has 0 unspecified atom stereocenters. The van der Waals surface area contributed by atoms with Crippen molar-refractivity contribution in [3.05, 3.63) is 102 Å². The molecule has 0 atom stereocenters. The lowest BCUT2D eigenvalue weighted by Gasteiger charge is -2.32. The van der Waals surface area contributed by atoms with Crippen LogP contribution in [0.25, 0.3) is 0 Å². The molecule has 0 saturated carbocycles. The smallest absolute Gasteiger partial charge is 0.266 e. The van der Waals surface area contributed by atoms with Gasteiger partial charge in [-0.2, -0.15) is 0 Å². The van der Waals surface area contributed by atoms with Crippen LogP contribution in [0.5, 0.6) is 17.2 Å². The van der Waals surface area contributed by atoms with Gasteiger partial charge in [-0.3, -0.25) is 9.59 Å². The Labute approximate surface area is 190 Å². The first-order chi connectivity index (χ1) is 16.2. The Morgan fingerprint density at radius 2 is 1.21 bits per heavy atom. The molecule has 0 N–H and O–H groups in total. The molecule has 0 fully saturated rings. The summed E-state index contributed by atoms with van der Waals surface area (Å²) in [5.41, 5.74) is 3.75. The van der Waals surface area contributed by atoms with Crippen LogP contribution in [0.3, 0.4) is 0 Å². The number of amides is 2. The minimum Gasteiger partial charge on any atom is -0.497 e. The molecule has 0 aromatic heterocycles. The van der Waals surface area contributed by atoms with Gasteiger partial charge in [0.15, 0.2) is 11.5 Å². The van der Waals surface area contributed by atoms with Gasteiger partial charge >= 0.3 is 0 Å². The average Bonchev–Trinajstić information content (AvgIpc) is 3.11. The zero-order valence-electron chi connectivity index (χ0n) is 17.7. The summed E-state index contributed by atoms with van der Waals surface area (Å²) in [6.45, 7) is 0. The third-order valence-electron chi connectivity index (χ3n) is 5.89. The predicted molar refractivity (Wildman–Crippen MR) is 125 cm³/mol. The van der Waals surface area contributed by atoms with E-state index >= 15 is 0 Å². The molecule has 0 aliphatic carbocycles. The number of nitrogens with zero attached hydrogens (tertiary/aromatic N) is 2. The molecule has 0 saturated heterocycles. The number of carbonyl (C=O) groups is 2. The molecule has 2 amide bonds. The number of anilines is 4. The van der Waals surface area contributed by atoms with Crippen LogP contribution in [0.2, 0.25) is 0 Å². The maximum Gasteiger partial charge on any atom is 0.266 e. The van der Waals surface area contributed by atoms with Crippen LogP contribution in [0.1, 0.15) is 20.7 Å². The highest BCUT2D eigenvalue weighted by atomic mass is 16.5. The number of rotatable bonds is 3. The van der Waals surface area contributed by atoms with Gasteiger partial charge in [0.25, 0.3) is 11.8 Å². The van der Waals surface area contributed by atoms with Gasteiger partial charge in [-0.15, -0.1) is 0 Å². The quantitative estimate of drug-likeness (QED) is 0.323. The standard InChI is InChI=1S/C27H18N2O4/c1-32-19-13-10-17(11-14-19)29-26(30)20-15-12-18(16-21(20)27(29)31)28-22-6-2-4-8-24(22)33-25-9-5-3-7-23(25)28/h2-16H,1H3. The summed E-state index contributed by atoms with van der Waals surface area (Å²) >= 11 is 0. The van der Waals surface area contributed by atoms with Crippen molar-refractivity contribution in [3.8, 4) is 17.2 Å². The lowest BCUT2D eigenvalue weighted by molar-refractivity contribution is 0.0926. The molecule has 6 nitrogen and oxygen atoms in total. The van der Waals surface area contributed by atoms with E-state index < -0.39 is 0 Å². The van der Waals surface area contributed by atoms with Crippen LogP contribution in [0, 0.1) is 0 Å². The number of hydrogen-bond donors (Lipinski definition) is 0. The maximum atomic E-state index is 13.3. The van der Waals surface area contributed by atoms with E-state index in [1.807, 2.05) is 59.5 Å². The van der Waals surface area contributed by atoms with E-state index in [1.165, 1.54) is 4.90 Å². The minimum atomic E-state index is -0.350. The second-order valence-electron chi connectivity index (χ2n) is 7.75. The van der Waals surface area contributed by atoms with E-state index in [9.17, 15) is 9.59 Å². The highest BCUT2D eigenvalue weighted by molar-refractivity contribution is 6.34. The first kappa shape index (κ1) is 19.1. The van der Waals surface area contributed by atoms with E-state index in [0.29, 0.717) is 22.6 Å². The second kappa shape index (κ2) is 7.24. The van der Waals surface area contributed by atoms with Crippen LogP contribution in [0.15, 0.2) is 91.0 Å². The topological polar surface area (TPSA) is 59.1 Å². The van der Waals surface area contributed by atoms with Gasteiger partial charge in [0.05, 0.1) is 35.3 Å². The third-order valence-corrected chi connectivity index (χ3v) is 5.89. The van der Waals surface area contributed by atoms with E-state index in [2.05, 4.69) is 0 Å². The van der Waals surface area contributed by atoms with Crippen molar-refractivity contribution in [1.29, 1.82) is 0 Å². The maximum absolute atomic E-state index is 13.3. The molecule has 4 aromatic carbocycles. The normalized spacial score (nSPS) is 13.8. The lowest BCUT2D eigenvalue weighted by atomic mass is 10.1. The van der Waals surface area contributed by atoms with Crippen LogP contribution < -0.4 is 19.3 Å². The van der Waals surface area contributed by atoms with Crippen molar-refractivity contribution in [2.75, 3.05) is 16.9 Å². The summed E-state index contributed by atoms with van der Waals surface area (Å²) in [5, 5.41) is 0. The first-order valence-corrected chi connectivity index (χ1v) is 10.5. The number of fused-ring (bicyclic) bond motifs is 3. The van der Waals surface area contributed by atoms with Crippen LogP contribution in [0.4, 0.5) is 22.7 Å². The number of para-hydroxylation sites is 4. The Kier molecular flexibility index (Phi) is 4.20. The lowest BCUT2D eigenvalue weighted by Crippen LogP contribution is -2.29. The molecule has 2 heterocycles. The molecular formula is C27H18N2O4. The number of imide groups is 1. The molecule has 4 aromatic rings. The van der Waals surface area contributed by atoms with Crippen molar-refractivity contribution in [2.45, 2.75) is 0 Å². The fourth-order valence-corrected chi connectivity index (χ4v) is 4.32. The Morgan fingerprint density at radius 3 is 1.85 bits per heavy atom. The summed E-state index contributed by atoms with van der Waals surface area (Å²) in [4.78, 5) is 29.7. The molecule has 6 rings (SSSR count). The number of carbonyl (C=O) groups excluding carboxylic acids is 2. The summed E-state index contributed by atoms with van der Waals surface area (Å²) in [7, 11) is 1.57. The van der Waals surface area contributed by atoms with Gasteiger partial charge in [0.1, 0.15) is 5.75 Å². The second-order valence-corrected chi connectivity index (χ2v) is 7.75. The van der Waals surface area contributed by atoms with E-state index in [1.54, 1.807) is 43.5 Å². The van der Waals surface area contributed by atoms with Gasteiger partial charge < -0.3 is 14.4 Å². The van der Waals surface area contributed by atoms with E-state index in [4.69, 9.17) is 9.47 Å². The Morgan fingerprint density at radius 1 is 0.636 bits per heavy atom. The molecule has 0 spiro atoms. The molecule has 160 valence electrons. The van der Waals surface area contributed by atoms with Crippen LogP contribution in [-0.4, -0.2) is 18.9 Å². The van der Waals surface area contributed by atoms with Crippen molar-refractivity contribution in [1.82, 2.24) is 0 Å². The fraction of sp³-hybridized carbons (Fsp3) is 0.0370. The number of ether oxygens (including phenoxy) is 2. The largest absolute Gasteiger partial charge is 0.497 e. The Bertz CT molecular complexity index is 1380. The van der Waals surface area contributed by atoms with Gasteiger partial charge in [-0.05, 0) is 66.7 Å². The summed E-state index contributed by atoms with van der Waals surface area (Å²) in [6, 6.07) is 27.7. The van der Waals surface area contributed by atoms with Crippen molar-refractivity contribution in [2.24, 2.45) is 0 Å². The van der Waals surface area contributed by atoms with Gasteiger partial charge in [0, 0.05) is 5.69 Å². The van der Waals surface area contributed by atoms with Gasteiger partial charge in [-0.25, -0.2) is 4.90 Å². The highest BCUT2D eigenvalue weighted by Crippen LogP contribution is 2.50. The molecule has 33 heavy (non-hydrogen) atoms. The number of methoxy groups -OCH3 is 1. The highest BCUT2D eigenvalue weighted by Gasteiger charge is 2.37. The Hall–Kier alpha value is -4.58. The predicted octanol–water partition coefficient (Wildman–Crippen LogP) is 6.07. The van der Waals surface area contributed by atoms with Crippen molar-refractivity contribution in [3.63, 3.8) is 0 Å².